The minimum atomic E-state index is -1.15. The molecule has 0 bridgehead atoms. The van der Waals surface area contributed by atoms with E-state index in [2.05, 4.69) is 4.90 Å². The highest BCUT2D eigenvalue weighted by Gasteiger charge is 2.24. The Morgan fingerprint density at radius 2 is 1.71 bits per heavy atom. The number of carbonyl (C=O) groups is 2. The number of nitrogens with two attached hydrogens (primary N) is 1. The van der Waals surface area contributed by atoms with Crippen LogP contribution < -0.4 is 5.73 Å². The number of carboxylic acid groups (broad SMARTS) is 2. The van der Waals surface area contributed by atoms with Gasteiger partial charge in [-0.15, -0.1) is 0 Å². The minimum Gasteiger partial charge on any atom is -0.481 e. The predicted molar refractivity (Wildman–Crippen MR) is 63.8 cm³/mol. The summed E-state index contributed by atoms with van der Waals surface area (Å²) in [4.78, 5) is 23.7. The molecule has 0 rings (SSSR count). The van der Waals surface area contributed by atoms with E-state index in [-0.39, 0.29) is 6.42 Å². The van der Waals surface area contributed by atoms with Crippen LogP contribution in [-0.4, -0.2) is 52.7 Å². The third-order valence-corrected chi connectivity index (χ3v) is 2.89. The summed E-state index contributed by atoms with van der Waals surface area (Å²) in [6, 6.07) is -1.10. The van der Waals surface area contributed by atoms with E-state index in [1.54, 1.807) is 0 Å². The number of hydrogen-bond acceptors (Lipinski definition) is 4. The van der Waals surface area contributed by atoms with Crippen molar-refractivity contribution in [1.29, 1.82) is 0 Å². The molecule has 0 aromatic heterocycles. The average Bonchev–Trinajstić information content (AvgIpc) is 2.27. The first kappa shape index (κ1) is 15.9. The molecule has 0 saturated carbocycles. The summed E-state index contributed by atoms with van der Waals surface area (Å²) in [6.07, 6.45) is 0.407. The number of aliphatic carboxylic acids is 2. The summed E-state index contributed by atoms with van der Waals surface area (Å²) in [5.74, 6) is -2.82. The van der Waals surface area contributed by atoms with Crippen molar-refractivity contribution in [3.8, 4) is 0 Å². The molecule has 100 valence electrons. The third-order valence-electron chi connectivity index (χ3n) is 2.89. The maximum Gasteiger partial charge on any atom is 0.320 e. The molecule has 0 radical (unpaired) electrons. The van der Waals surface area contributed by atoms with Crippen LogP contribution in [0.25, 0.3) is 0 Å². The Morgan fingerprint density at radius 3 is 2.06 bits per heavy atom. The molecule has 0 aliphatic carbocycles. The molecule has 0 aromatic carbocycles. The molecule has 0 spiro atoms. The van der Waals surface area contributed by atoms with E-state index in [1.165, 1.54) is 0 Å². The van der Waals surface area contributed by atoms with Gasteiger partial charge in [-0.2, -0.15) is 0 Å². The van der Waals surface area contributed by atoms with Gasteiger partial charge >= 0.3 is 11.9 Å². The number of nitrogens with zero attached hydrogens (tertiary/aromatic N) is 1. The fraction of sp³-hybridized carbons (Fsp3) is 0.818. The zero-order valence-corrected chi connectivity index (χ0v) is 10.4. The molecule has 0 fully saturated rings. The van der Waals surface area contributed by atoms with Crippen LogP contribution in [0.2, 0.25) is 0 Å². The van der Waals surface area contributed by atoms with Gasteiger partial charge in [0.15, 0.2) is 0 Å². The molecule has 0 aliphatic rings. The number of rotatable bonds is 9. The molecule has 0 heterocycles. The van der Waals surface area contributed by atoms with Crippen LogP contribution in [0.15, 0.2) is 0 Å². The van der Waals surface area contributed by atoms with Gasteiger partial charge in [0.2, 0.25) is 0 Å². The van der Waals surface area contributed by atoms with Gasteiger partial charge in [-0.3, -0.25) is 9.59 Å². The summed E-state index contributed by atoms with van der Waals surface area (Å²) in [7, 11) is 0. The SMILES string of the molecule is CCN(CC)CCC(CC(N)C(=O)O)C(=O)O. The Bertz CT molecular complexity index is 254. The summed E-state index contributed by atoms with van der Waals surface area (Å²) in [6.45, 7) is 6.36. The van der Waals surface area contributed by atoms with Crippen LogP contribution in [0.5, 0.6) is 0 Å². The fourth-order valence-corrected chi connectivity index (χ4v) is 1.63. The molecular weight excluding hydrogens is 224 g/mol. The molecule has 2 atom stereocenters. The van der Waals surface area contributed by atoms with E-state index in [0.29, 0.717) is 13.0 Å². The summed E-state index contributed by atoms with van der Waals surface area (Å²) < 4.78 is 0. The van der Waals surface area contributed by atoms with Crippen molar-refractivity contribution in [3.05, 3.63) is 0 Å². The lowest BCUT2D eigenvalue weighted by Gasteiger charge is -2.21. The van der Waals surface area contributed by atoms with Crippen molar-refractivity contribution >= 4 is 11.9 Å². The Labute approximate surface area is 101 Å². The smallest absolute Gasteiger partial charge is 0.320 e. The highest BCUT2D eigenvalue weighted by atomic mass is 16.4. The van der Waals surface area contributed by atoms with Crippen LogP contribution in [0.4, 0.5) is 0 Å². The van der Waals surface area contributed by atoms with E-state index in [4.69, 9.17) is 15.9 Å². The van der Waals surface area contributed by atoms with E-state index in [1.807, 2.05) is 13.8 Å². The van der Waals surface area contributed by atoms with E-state index >= 15 is 0 Å². The van der Waals surface area contributed by atoms with Crippen LogP contribution in [-0.2, 0) is 9.59 Å². The van der Waals surface area contributed by atoms with Gasteiger partial charge in [0, 0.05) is 0 Å². The molecular formula is C11H22N2O4. The number of carboxylic acids is 2. The zero-order valence-electron chi connectivity index (χ0n) is 10.4. The highest BCUT2D eigenvalue weighted by molar-refractivity contribution is 5.75. The maximum absolute atomic E-state index is 11.0. The second-order valence-electron chi connectivity index (χ2n) is 4.03. The lowest BCUT2D eigenvalue weighted by molar-refractivity contribution is -0.144. The predicted octanol–water partition coefficient (Wildman–Crippen LogP) is 0.221. The molecule has 6 heteroatoms. The van der Waals surface area contributed by atoms with Gasteiger partial charge in [-0.05, 0) is 32.5 Å². The topological polar surface area (TPSA) is 104 Å². The summed E-state index contributed by atoms with van der Waals surface area (Å²) in [5.41, 5.74) is 5.35. The van der Waals surface area contributed by atoms with Crippen molar-refractivity contribution in [3.63, 3.8) is 0 Å². The largest absolute Gasteiger partial charge is 0.481 e. The average molecular weight is 246 g/mol. The van der Waals surface area contributed by atoms with Crippen LogP contribution in [0, 0.1) is 5.92 Å². The third kappa shape index (κ3) is 6.23. The first-order chi connectivity index (χ1) is 7.92. The summed E-state index contributed by atoms with van der Waals surface area (Å²) in [5, 5.41) is 17.6. The van der Waals surface area contributed by atoms with Crippen molar-refractivity contribution in [1.82, 2.24) is 4.90 Å². The Kier molecular flexibility index (Phi) is 7.49. The van der Waals surface area contributed by atoms with Gasteiger partial charge in [0.1, 0.15) is 6.04 Å². The molecule has 0 amide bonds. The van der Waals surface area contributed by atoms with Gasteiger partial charge in [-0.25, -0.2) is 0 Å². The second-order valence-corrected chi connectivity index (χ2v) is 4.03. The van der Waals surface area contributed by atoms with Crippen LogP contribution in [0.3, 0.4) is 0 Å². The monoisotopic (exact) mass is 246 g/mol. The first-order valence-corrected chi connectivity index (χ1v) is 5.85. The Balaban J connectivity index is 4.25. The lowest BCUT2D eigenvalue weighted by atomic mass is 9.96. The van der Waals surface area contributed by atoms with E-state index < -0.39 is 23.9 Å². The van der Waals surface area contributed by atoms with Gasteiger partial charge < -0.3 is 20.8 Å². The maximum atomic E-state index is 11.0. The van der Waals surface area contributed by atoms with Crippen molar-refractivity contribution < 1.29 is 19.8 Å². The normalized spacial score (nSPS) is 14.6. The second kappa shape index (κ2) is 8.03. The highest BCUT2D eigenvalue weighted by Crippen LogP contribution is 2.12. The van der Waals surface area contributed by atoms with Crippen molar-refractivity contribution in [2.24, 2.45) is 11.7 Å². The number of hydrogen-bond donors (Lipinski definition) is 3. The molecule has 0 aliphatic heterocycles. The van der Waals surface area contributed by atoms with Gasteiger partial charge in [0.25, 0.3) is 0 Å². The minimum absolute atomic E-state index is 0.0219. The molecule has 4 N–H and O–H groups in total. The summed E-state index contributed by atoms with van der Waals surface area (Å²) >= 11 is 0. The Morgan fingerprint density at radius 1 is 1.18 bits per heavy atom. The van der Waals surface area contributed by atoms with Crippen molar-refractivity contribution in [2.75, 3.05) is 19.6 Å². The van der Waals surface area contributed by atoms with Crippen LogP contribution in [0.1, 0.15) is 26.7 Å². The molecule has 2 unspecified atom stereocenters. The van der Waals surface area contributed by atoms with E-state index in [0.717, 1.165) is 13.1 Å². The molecule has 0 saturated heterocycles. The van der Waals surface area contributed by atoms with Crippen molar-refractivity contribution in [2.45, 2.75) is 32.7 Å². The lowest BCUT2D eigenvalue weighted by Crippen LogP contribution is -2.36. The molecule has 0 aromatic rings. The van der Waals surface area contributed by atoms with Gasteiger partial charge in [-0.1, -0.05) is 13.8 Å². The molecule has 17 heavy (non-hydrogen) atoms. The van der Waals surface area contributed by atoms with Crippen LogP contribution >= 0.6 is 0 Å². The fourth-order valence-electron chi connectivity index (χ4n) is 1.63. The van der Waals surface area contributed by atoms with E-state index in [9.17, 15) is 9.59 Å². The van der Waals surface area contributed by atoms with Gasteiger partial charge in [0.05, 0.1) is 5.92 Å². The first-order valence-electron chi connectivity index (χ1n) is 5.85. The Hall–Kier alpha value is -1.14. The zero-order chi connectivity index (χ0) is 13.4. The molecule has 6 nitrogen and oxygen atoms in total. The standard InChI is InChI=1S/C11H22N2O4/c1-3-13(4-2)6-5-8(10(14)15)7-9(12)11(16)17/h8-9H,3-7,12H2,1-2H3,(H,14,15)(H,16,17). The quantitative estimate of drug-likeness (QED) is 0.537.